The molecular formula is C23H34O5. The summed E-state index contributed by atoms with van der Waals surface area (Å²) >= 11 is 0. The number of esters is 2. The number of hydrogen-bond donors (Lipinski definition) is 0. The molecule has 0 aromatic heterocycles. The first-order chi connectivity index (χ1) is 13.1. The van der Waals surface area contributed by atoms with Gasteiger partial charge in [0.15, 0.2) is 11.9 Å². The number of hydrogen-bond acceptors (Lipinski definition) is 5. The summed E-state index contributed by atoms with van der Waals surface area (Å²) in [5, 5.41) is 0. The Kier molecular flexibility index (Phi) is 4.86. The summed E-state index contributed by atoms with van der Waals surface area (Å²) in [6.45, 7) is 7.53. The maximum Gasteiger partial charge on any atom is 0.303 e. The predicted octanol–water partition coefficient (Wildman–Crippen LogP) is 4.07. The number of ether oxygens (including phenoxy) is 2. The molecule has 4 aliphatic carbocycles. The third kappa shape index (κ3) is 3.00. The molecule has 0 heterocycles. The largest absolute Gasteiger partial charge is 0.463 e. The minimum atomic E-state index is -0.554. The molecule has 5 nitrogen and oxygen atoms in total. The first-order valence-corrected chi connectivity index (χ1v) is 11.0. The molecule has 0 radical (unpaired) electrons. The first-order valence-electron chi connectivity index (χ1n) is 11.0. The summed E-state index contributed by atoms with van der Waals surface area (Å²) in [6.07, 6.45) is 7.46. The summed E-state index contributed by atoms with van der Waals surface area (Å²) < 4.78 is 11.1. The molecule has 0 N–H and O–H groups in total. The molecule has 0 aromatic carbocycles. The lowest BCUT2D eigenvalue weighted by Gasteiger charge is -2.60. The second-order valence-electron chi connectivity index (χ2n) is 10.4. The van der Waals surface area contributed by atoms with Gasteiger partial charge in [0.2, 0.25) is 0 Å². The highest BCUT2D eigenvalue weighted by Crippen LogP contribution is 2.66. The molecule has 0 unspecified atom stereocenters. The van der Waals surface area contributed by atoms with Crippen LogP contribution in [0.2, 0.25) is 0 Å². The van der Waals surface area contributed by atoms with E-state index < -0.39 is 6.10 Å². The molecule has 8 atom stereocenters. The van der Waals surface area contributed by atoms with Crippen LogP contribution in [0.1, 0.15) is 79.1 Å². The topological polar surface area (TPSA) is 69.7 Å². The number of fused-ring (bicyclic) bond motifs is 5. The van der Waals surface area contributed by atoms with Gasteiger partial charge in [-0.05, 0) is 74.0 Å². The molecule has 0 aromatic rings. The molecule has 156 valence electrons. The highest BCUT2D eigenvalue weighted by atomic mass is 16.5. The van der Waals surface area contributed by atoms with Crippen LogP contribution >= 0.6 is 0 Å². The van der Waals surface area contributed by atoms with Crippen LogP contribution in [-0.4, -0.2) is 29.9 Å². The number of carbonyl (C=O) groups is 3. The fraction of sp³-hybridized carbons (Fsp3) is 0.870. The molecule has 4 rings (SSSR count). The van der Waals surface area contributed by atoms with Crippen LogP contribution < -0.4 is 0 Å². The Bertz CT molecular complexity index is 686. The maximum atomic E-state index is 12.7. The second-order valence-corrected chi connectivity index (χ2v) is 10.4. The molecule has 0 spiro atoms. The summed E-state index contributed by atoms with van der Waals surface area (Å²) in [5.41, 5.74) is 0.0610. The molecule has 5 heteroatoms. The highest BCUT2D eigenvalue weighted by Gasteiger charge is 2.63. The van der Waals surface area contributed by atoms with Crippen molar-refractivity contribution in [1.82, 2.24) is 0 Å². The molecule has 4 fully saturated rings. The van der Waals surface area contributed by atoms with Gasteiger partial charge in [0.05, 0.1) is 0 Å². The van der Waals surface area contributed by atoms with E-state index in [-0.39, 0.29) is 34.7 Å². The Labute approximate surface area is 167 Å². The quantitative estimate of drug-likeness (QED) is 0.665. The van der Waals surface area contributed by atoms with E-state index in [9.17, 15) is 14.4 Å². The lowest BCUT2D eigenvalue weighted by molar-refractivity contribution is -0.169. The van der Waals surface area contributed by atoms with Crippen molar-refractivity contribution < 1.29 is 23.9 Å². The van der Waals surface area contributed by atoms with Crippen molar-refractivity contribution >= 4 is 17.7 Å². The third-order valence-corrected chi connectivity index (χ3v) is 8.98. The number of Topliss-reactive ketones (excluding diaryl/α,β-unsaturated/α-hetero) is 1. The standard InChI is InChI=1S/C23H34O5/c1-13(24)27-16-7-9-22(3)15(11-16)5-6-17-18(22)8-10-23(4)19(17)12-20(26)21(23)28-14(2)25/h15-19,21H,5-12H2,1-4H3/t15-,16+,17+,18-,19-,21+,22-,23-/m0/s1. The van der Waals surface area contributed by atoms with Gasteiger partial charge in [0.25, 0.3) is 0 Å². The Balaban J connectivity index is 1.54. The summed E-state index contributed by atoms with van der Waals surface area (Å²) in [5.74, 6) is 1.68. The molecule has 4 saturated carbocycles. The van der Waals surface area contributed by atoms with E-state index in [4.69, 9.17) is 9.47 Å². The zero-order valence-electron chi connectivity index (χ0n) is 17.7. The zero-order chi connectivity index (χ0) is 20.3. The van der Waals surface area contributed by atoms with Crippen molar-refractivity contribution in [2.24, 2.45) is 34.5 Å². The van der Waals surface area contributed by atoms with E-state index >= 15 is 0 Å². The van der Waals surface area contributed by atoms with E-state index in [1.807, 2.05) is 0 Å². The lowest BCUT2D eigenvalue weighted by Crippen LogP contribution is -2.55. The van der Waals surface area contributed by atoms with Gasteiger partial charge in [-0.3, -0.25) is 14.4 Å². The minimum Gasteiger partial charge on any atom is -0.463 e. The SMILES string of the molecule is CC(=O)O[C@@H]1CC[C@@]2(C)[C@@H](CC[C@@H]3[C@@H]2CC[C@]2(C)[C@H](OC(C)=O)C(=O)C[C@@H]32)C1. The molecule has 4 aliphatic rings. The van der Waals surface area contributed by atoms with Crippen molar-refractivity contribution in [3.63, 3.8) is 0 Å². The van der Waals surface area contributed by atoms with Gasteiger partial charge in [-0.25, -0.2) is 0 Å². The second kappa shape index (κ2) is 6.84. The molecular weight excluding hydrogens is 356 g/mol. The van der Waals surface area contributed by atoms with Gasteiger partial charge in [-0.1, -0.05) is 13.8 Å². The van der Waals surface area contributed by atoms with Crippen LogP contribution in [0.15, 0.2) is 0 Å². The van der Waals surface area contributed by atoms with Crippen molar-refractivity contribution in [2.45, 2.75) is 91.3 Å². The summed E-state index contributed by atoms with van der Waals surface area (Å²) in [4.78, 5) is 35.7. The van der Waals surface area contributed by atoms with Crippen LogP contribution in [0.4, 0.5) is 0 Å². The Morgan fingerprint density at radius 2 is 1.57 bits per heavy atom. The Hall–Kier alpha value is -1.39. The Morgan fingerprint density at radius 1 is 0.893 bits per heavy atom. The molecule has 28 heavy (non-hydrogen) atoms. The average molecular weight is 391 g/mol. The Morgan fingerprint density at radius 3 is 2.25 bits per heavy atom. The van der Waals surface area contributed by atoms with Crippen molar-refractivity contribution in [1.29, 1.82) is 0 Å². The van der Waals surface area contributed by atoms with E-state index in [1.165, 1.54) is 13.8 Å². The van der Waals surface area contributed by atoms with Crippen molar-refractivity contribution in [3.8, 4) is 0 Å². The van der Waals surface area contributed by atoms with E-state index in [0.29, 0.717) is 30.1 Å². The number of ketones is 1. The predicted molar refractivity (Wildman–Crippen MR) is 103 cm³/mol. The van der Waals surface area contributed by atoms with Crippen LogP contribution in [0.5, 0.6) is 0 Å². The van der Waals surface area contributed by atoms with Gasteiger partial charge in [-0.2, -0.15) is 0 Å². The van der Waals surface area contributed by atoms with Crippen molar-refractivity contribution in [2.75, 3.05) is 0 Å². The van der Waals surface area contributed by atoms with Gasteiger partial charge >= 0.3 is 11.9 Å². The molecule has 0 amide bonds. The van der Waals surface area contributed by atoms with Gasteiger partial charge in [-0.15, -0.1) is 0 Å². The van der Waals surface area contributed by atoms with Gasteiger partial charge in [0.1, 0.15) is 6.10 Å². The van der Waals surface area contributed by atoms with E-state index in [1.54, 1.807) is 0 Å². The lowest BCUT2D eigenvalue weighted by atomic mass is 9.45. The first kappa shape index (κ1) is 19.9. The zero-order valence-corrected chi connectivity index (χ0v) is 17.7. The van der Waals surface area contributed by atoms with Crippen LogP contribution in [0.3, 0.4) is 0 Å². The van der Waals surface area contributed by atoms with Crippen LogP contribution in [-0.2, 0) is 23.9 Å². The minimum absolute atomic E-state index is 0.0717. The summed E-state index contributed by atoms with van der Waals surface area (Å²) in [6, 6.07) is 0. The fourth-order valence-corrected chi connectivity index (χ4v) is 7.68. The van der Waals surface area contributed by atoms with Crippen molar-refractivity contribution in [3.05, 3.63) is 0 Å². The van der Waals surface area contributed by atoms with Crippen LogP contribution in [0, 0.1) is 34.5 Å². The third-order valence-electron chi connectivity index (χ3n) is 8.98. The fourth-order valence-electron chi connectivity index (χ4n) is 7.68. The number of carbonyl (C=O) groups excluding carboxylic acids is 3. The van der Waals surface area contributed by atoms with E-state index in [2.05, 4.69) is 13.8 Å². The molecule has 0 saturated heterocycles. The van der Waals surface area contributed by atoms with Crippen LogP contribution in [0.25, 0.3) is 0 Å². The van der Waals surface area contributed by atoms with E-state index in [0.717, 1.165) is 44.9 Å². The normalized spacial score (nSPS) is 47.5. The summed E-state index contributed by atoms with van der Waals surface area (Å²) in [7, 11) is 0. The monoisotopic (exact) mass is 390 g/mol. The number of rotatable bonds is 2. The molecule has 0 aliphatic heterocycles. The van der Waals surface area contributed by atoms with Gasteiger partial charge in [0, 0.05) is 25.7 Å². The highest BCUT2D eigenvalue weighted by molar-refractivity contribution is 5.89. The van der Waals surface area contributed by atoms with Gasteiger partial charge < -0.3 is 9.47 Å². The smallest absolute Gasteiger partial charge is 0.303 e. The average Bonchev–Trinajstić information content (AvgIpc) is 2.85. The maximum absolute atomic E-state index is 12.7. The molecule has 0 bridgehead atoms.